The van der Waals surface area contributed by atoms with E-state index in [9.17, 15) is 0 Å². The molecule has 110 valence electrons. The summed E-state index contributed by atoms with van der Waals surface area (Å²) >= 11 is 5.90. The van der Waals surface area contributed by atoms with Crippen molar-refractivity contribution in [1.82, 2.24) is 14.7 Å². The van der Waals surface area contributed by atoms with Gasteiger partial charge in [0.05, 0.1) is 17.9 Å². The van der Waals surface area contributed by atoms with Crippen molar-refractivity contribution in [2.45, 2.75) is 26.6 Å². The van der Waals surface area contributed by atoms with Crippen LogP contribution in [0.4, 0.5) is 0 Å². The molecule has 3 aromatic rings. The van der Waals surface area contributed by atoms with E-state index >= 15 is 0 Å². The van der Waals surface area contributed by atoms with E-state index in [1.54, 1.807) is 6.20 Å². The number of aryl methyl sites for hydroxylation is 1. The molecular weight excluding hydrogens is 286 g/mol. The van der Waals surface area contributed by atoms with Crippen molar-refractivity contribution in [3.8, 4) is 0 Å². The first-order valence-electron chi connectivity index (χ1n) is 7.03. The zero-order valence-electron chi connectivity index (χ0n) is 12.2. The van der Waals surface area contributed by atoms with Gasteiger partial charge in [-0.05, 0) is 13.1 Å². The second-order valence-corrected chi connectivity index (χ2v) is 5.64. The van der Waals surface area contributed by atoms with Crippen molar-refractivity contribution in [2.75, 3.05) is 7.05 Å². The summed E-state index contributed by atoms with van der Waals surface area (Å²) in [6, 6.07) is 8.19. The molecule has 2 heterocycles. The molecular formula is C16H18ClN3O. The van der Waals surface area contributed by atoms with Crippen LogP contribution in [0.1, 0.15) is 18.2 Å². The molecule has 2 aromatic heterocycles. The molecule has 0 atom stereocenters. The third-order valence-electron chi connectivity index (χ3n) is 3.52. The lowest BCUT2D eigenvalue weighted by atomic mass is 10.1. The normalized spacial score (nSPS) is 11.6. The van der Waals surface area contributed by atoms with Crippen LogP contribution in [0.15, 0.2) is 41.1 Å². The highest BCUT2D eigenvalue weighted by Gasteiger charge is 2.14. The molecule has 0 saturated heterocycles. The van der Waals surface area contributed by atoms with Crippen LogP contribution in [0.3, 0.4) is 0 Å². The van der Waals surface area contributed by atoms with E-state index in [1.807, 2.05) is 29.1 Å². The first-order chi connectivity index (χ1) is 10.2. The van der Waals surface area contributed by atoms with Gasteiger partial charge >= 0.3 is 0 Å². The van der Waals surface area contributed by atoms with E-state index in [-0.39, 0.29) is 0 Å². The highest BCUT2D eigenvalue weighted by atomic mass is 35.5. The summed E-state index contributed by atoms with van der Waals surface area (Å²) in [5.41, 5.74) is 2.22. The van der Waals surface area contributed by atoms with Gasteiger partial charge in [-0.25, -0.2) is 0 Å². The zero-order valence-corrected chi connectivity index (χ0v) is 13.0. The summed E-state index contributed by atoms with van der Waals surface area (Å²) < 4.78 is 7.76. The summed E-state index contributed by atoms with van der Waals surface area (Å²) in [5.74, 6) is 1.06. The molecule has 21 heavy (non-hydrogen) atoms. The fraction of sp³-hybridized carbons (Fsp3) is 0.312. The van der Waals surface area contributed by atoms with Gasteiger partial charge in [0.25, 0.3) is 0 Å². The molecule has 0 aliphatic carbocycles. The molecule has 1 aromatic carbocycles. The van der Waals surface area contributed by atoms with Gasteiger partial charge in [0, 0.05) is 30.1 Å². The Bertz CT molecular complexity index is 747. The predicted octanol–water partition coefficient (Wildman–Crippen LogP) is 3.93. The van der Waals surface area contributed by atoms with Crippen LogP contribution in [0.2, 0.25) is 5.02 Å². The highest BCUT2D eigenvalue weighted by Crippen LogP contribution is 2.27. The third kappa shape index (κ3) is 2.96. The number of aromatic nitrogens is 2. The van der Waals surface area contributed by atoms with Gasteiger partial charge in [-0.3, -0.25) is 9.58 Å². The van der Waals surface area contributed by atoms with Crippen LogP contribution in [0.25, 0.3) is 11.0 Å². The van der Waals surface area contributed by atoms with Crippen molar-refractivity contribution in [2.24, 2.45) is 0 Å². The van der Waals surface area contributed by atoms with Gasteiger partial charge in [-0.1, -0.05) is 36.7 Å². The smallest absolute Gasteiger partial charge is 0.134 e. The van der Waals surface area contributed by atoms with E-state index in [0.717, 1.165) is 24.3 Å². The highest BCUT2D eigenvalue weighted by molar-refractivity contribution is 6.30. The summed E-state index contributed by atoms with van der Waals surface area (Å²) in [6.07, 6.45) is 4.37. The Morgan fingerprint density at radius 2 is 2.14 bits per heavy atom. The van der Waals surface area contributed by atoms with Gasteiger partial charge < -0.3 is 4.42 Å². The zero-order chi connectivity index (χ0) is 14.8. The molecule has 5 heteroatoms. The Morgan fingerprint density at radius 1 is 1.33 bits per heavy atom. The van der Waals surface area contributed by atoms with Gasteiger partial charge in [0.1, 0.15) is 11.3 Å². The molecule has 0 aliphatic heterocycles. The Kier molecular flexibility index (Phi) is 3.99. The van der Waals surface area contributed by atoms with Gasteiger partial charge in [-0.2, -0.15) is 5.10 Å². The lowest BCUT2D eigenvalue weighted by Crippen LogP contribution is -2.22. The first kappa shape index (κ1) is 14.2. The lowest BCUT2D eigenvalue weighted by Gasteiger charge is -2.16. The number of rotatable bonds is 5. The SMILES string of the molecule is CCc1oc2ccccc2c1CN(C)Cn1cc(Cl)cn1. The quantitative estimate of drug-likeness (QED) is 0.716. The number of furan rings is 1. The number of para-hydroxylation sites is 1. The fourth-order valence-electron chi connectivity index (χ4n) is 2.59. The van der Waals surface area contributed by atoms with Crippen molar-refractivity contribution < 1.29 is 4.42 Å². The van der Waals surface area contributed by atoms with E-state index < -0.39 is 0 Å². The van der Waals surface area contributed by atoms with E-state index in [2.05, 4.69) is 30.0 Å². The average Bonchev–Trinajstić information content (AvgIpc) is 3.03. The summed E-state index contributed by atoms with van der Waals surface area (Å²) in [5, 5.41) is 6.06. The van der Waals surface area contributed by atoms with Crippen molar-refractivity contribution in [1.29, 1.82) is 0 Å². The number of fused-ring (bicyclic) bond motifs is 1. The summed E-state index contributed by atoms with van der Waals surface area (Å²) in [7, 11) is 2.07. The van der Waals surface area contributed by atoms with Crippen LogP contribution in [-0.2, 0) is 19.6 Å². The second kappa shape index (κ2) is 5.92. The molecule has 0 bridgehead atoms. The predicted molar refractivity (Wildman–Crippen MR) is 84.3 cm³/mol. The first-order valence-corrected chi connectivity index (χ1v) is 7.41. The Labute approximate surface area is 128 Å². The summed E-state index contributed by atoms with van der Waals surface area (Å²) in [4.78, 5) is 2.19. The van der Waals surface area contributed by atoms with Crippen LogP contribution in [-0.4, -0.2) is 21.7 Å². The van der Waals surface area contributed by atoms with Crippen LogP contribution >= 0.6 is 11.6 Å². The molecule has 0 N–H and O–H groups in total. The Morgan fingerprint density at radius 3 is 2.86 bits per heavy atom. The topological polar surface area (TPSA) is 34.2 Å². The molecule has 0 amide bonds. The number of halogens is 1. The maximum Gasteiger partial charge on any atom is 0.134 e. The molecule has 4 nitrogen and oxygen atoms in total. The summed E-state index contributed by atoms with van der Waals surface area (Å²) in [6.45, 7) is 3.63. The standard InChI is InChI=1S/C16H18ClN3O/c1-3-15-14(13-6-4-5-7-16(13)21-15)10-19(2)11-20-9-12(17)8-18-20/h4-9H,3,10-11H2,1-2H3. The maximum absolute atomic E-state index is 5.93. The third-order valence-corrected chi connectivity index (χ3v) is 3.71. The molecule has 0 spiro atoms. The second-order valence-electron chi connectivity index (χ2n) is 5.21. The number of benzene rings is 1. The number of nitrogens with zero attached hydrogens (tertiary/aromatic N) is 3. The van der Waals surface area contributed by atoms with Crippen LogP contribution in [0, 0.1) is 0 Å². The van der Waals surface area contributed by atoms with Gasteiger partial charge in [-0.15, -0.1) is 0 Å². The minimum Gasteiger partial charge on any atom is -0.461 e. The van der Waals surface area contributed by atoms with Crippen LogP contribution < -0.4 is 0 Å². The molecule has 0 saturated carbocycles. The van der Waals surface area contributed by atoms with Crippen LogP contribution in [0.5, 0.6) is 0 Å². The Balaban J connectivity index is 1.83. The average molecular weight is 304 g/mol. The lowest BCUT2D eigenvalue weighted by molar-refractivity contribution is 0.245. The number of hydrogen-bond acceptors (Lipinski definition) is 3. The fourth-order valence-corrected chi connectivity index (χ4v) is 2.75. The number of hydrogen-bond donors (Lipinski definition) is 0. The van der Waals surface area contributed by atoms with Gasteiger partial charge in [0.2, 0.25) is 0 Å². The minimum absolute atomic E-state index is 0.659. The monoisotopic (exact) mass is 303 g/mol. The van der Waals surface area contributed by atoms with Gasteiger partial charge in [0.15, 0.2) is 0 Å². The Hall–Kier alpha value is -1.78. The van der Waals surface area contributed by atoms with Crippen molar-refractivity contribution in [3.63, 3.8) is 0 Å². The largest absolute Gasteiger partial charge is 0.461 e. The molecule has 3 rings (SSSR count). The minimum atomic E-state index is 0.659. The van der Waals surface area contributed by atoms with E-state index in [4.69, 9.17) is 16.0 Å². The van der Waals surface area contributed by atoms with E-state index in [0.29, 0.717) is 11.7 Å². The van der Waals surface area contributed by atoms with E-state index in [1.165, 1.54) is 10.9 Å². The van der Waals surface area contributed by atoms with Crippen molar-refractivity contribution >= 4 is 22.6 Å². The molecule has 0 fully saturated rings. The molecule has 0 unspecified atom stereocenters. The maximum atomic E-state index is 5.93. The molecule has 0 aliphatic rings. The van der Waals surface area contributed by atoms with Crippen molar-refractivity contribution in [3.05, 3.63) is 53.0 Å². The molecule has 0 radical (unpaired) electrons.